The molecule has 0 radical (unpaired) electrons. The van der Waals surface area contributed by atoms with E-state index in [1.54, 1.807) is 56.3 Å². The summed E-state index contributed by atoms with van der Waals surface area (Å²) in [6, 6.07) is 14.9. The molecule has 7 heteroatoms. The number of para-hydroxylation sites is 1. The Labute approximate surface area is 195 Å². The lowest BCUT2D eigenvalue weighted by Gasteiger charge is -2.27. The van der Waals surface area contributed by atoms with Gasteiger partial charge in [-0.3, -0.25) is 14.5 Å². The molecule has 0 spiro atoms. The van der Waals surface area contributed by atoms with Crippen LogP contribution in [0.2, 0.25) is 5.02 Å². The van der Waals surface area contributed by atoms with Crippen LogP contribution in [0.3, 0.4) is 0 Å². The van der Waals surface area contributed by atoms with E-state index < -0.39 is 29.3 Å². The van der Waals surface area contributed by atoms with Gasteiger partial charge in [-0.1, -0.05) is 48.0 Å². The first-order valence-corrected chi connectivity index (χ1v) is 10.6. The zero-order valence-corrected chi connectivity index (χ0v) is 19.0. The smallest absolute Gasteiger partial charge is 0.300 e. The summed E-state index contributed by atoms with van der Waals surface area (Å²) in [5.74, 6) is -2.74. The molecular formula is C26H21ClFNO4. The Morgan fingerprint density at radius 3 is 2.39 bits per heavy atom. The maximum atomic E-state index is 15.0. The van der Waals surface area contributed by atoms with Crippen molar-refractivity contribution in [3.8, 4) is 5.75 Å². The highest BCUT2D eigenvalue weighted by molar-refractivity contribution is 6.52. The lowest BCUT2D eigenvalue weighted by atomic mass is 9.94. The molecule has 0 saturated carbocycles. The summed E-state index contributed by atoms with van der Waals surface area (Å²) in [6.45, 7) is 3.55. The van der Waals surface area contributed by atoms with Gasteiger partial charge in [0.25, 0.3) is 11.7 Å². The minimum atomic E-state index is -1.18. The van der Waals surface area contributed by atoms with Gasteiger partial charge in [-0.15, -0.1) is 0 Å². The third-order valence-corrected chi connectivity index (χ3v) is 5.95. The Morgan fingerprint density at radius 2 is 1.73 bits per heavy atom. The molecule has 5 nitrogen and oxygen atoms in total. The molecule has 1 aliphatic rings. The Kier molecular flexibility index (Phi) is 5.95. The molecule has 0 aliphatic carbocycles. The Balaban J connectivity index is 2.05. The fourth-order valence-electron chi connectivity index (χ4n) is 4.16. The first kappa shape index (κ1) is 22.6. The van der Waals surface area contributed by atoms with E-state index in [1.165, 1.54) is 30.2 Å². The highest BCUT2D eigenvalue weighted by Gasteiger charge is 2.48. The Morgan fingerprint density at radius 1 is 1.06 bits per heavy atom. The van der Waals surface area contributed by atoms with Crippen LogP contribution < -0.4 is 9.64 Å². The molecule has 1 unspecified atom stereocenters. The highest BCUT2D eigenvalue weighted by atomic mass is 35.5. The van der Waals surface area contributed by atoms with Gasteiger partial charge in [0.2, 0.25) is 0 Å². The number of aryl methyl sites for hydroxylation is 2. The van der Waals surface area contributed by atoms with Crippen LogP contribution in [0.1, 0.15) is 28.3 Å². The number of nitrogens with zero attached hydrogens (tertiary/aromatic N) is 1. The average Bonchev–Trinajstić information content (AvgIpc) is 3.04. The molecule has 33 heavy (non-hydrogen) atoms. The number of ketones is 1. The second-order valence-corrected chi connectivity index (χ2v) is 8.21. The molecule has 3 aromatic rings. The maximum Gasteiger partial charge on any atom is 0.300 e. The van der Waals surface area contributed by atoms with Gasteiger partial charge in [0.1, 0.15) is 17.3 Å². The number of carbonyl (C=O) groups is 2. The number of aliphatic hydroxyl groups is 1. The number of hydrogen-bond acceptors (Lipinski definition) is 4. The van der Waals surface area contributed by atoms with Crippen LogP contribution in [0.4, 0.5) is 10.1 Å². The minimum Gasteiger partial charge on any atom is -0.507 e. The molecule has 168 valence electrons. The van der Waals surface area contributed by atoms with Crippen LogP contribution in [0, 0.1) is 19.7 Å². The number of ether oxygens (including phenoxy) is 1. The molecule has 1 fully saturated rings. The largest absolute Gasteiger partial charge is 0.507 e. The van der Waals surface area contributed by atoms with Gasteiger partial charge < -0.3 is 9.84 Å². The number of hydrogen-bond donors (Lipinski definition) is 1. The van der Waals surface area contributed by atoms with Crippen molar-refractivity contribution in [1.29, 1.82) is 0 Å². The van der Waals surface area contributed by atoms with E-state index in [-0.39, 0.29) is 27.5 Å². The molecule has 0 bridgehead atoms. The number of benzene rings is 3. The monoisotopic (exact) mass is 465 g/mol. The van der Waals surface area contributed by atoms with Gasteiger partial charge in [-0.2, -0.15) is 0 Å². The van der Waals surface area contributed by atoms with Gasteiger partial charge in [-0.25, -0.2) is 4.39 Å². The first-order valence-electron chi connectivity index (χ1n) is 10.2. The van der Waals surface area contributed by atoms with E-state index in [1.807, 2.05) is 0 Å². The van der Waals surface area contributed by atoms with Crippen molar-refractivity contribution in [2.24, 2.45) is 0 Å². The number of carbonyl (C=O) groups excluding carboxylic acids is 2. The molecule has 1 N–H and O–H groups in total. The fourth-order valence-corrected chi connectivity index (χ4v) is 4.51. The van der Waals surface area contributed by atoms with Gasteiger partial charge in [0.15, 0.2) is 0 Å². The molecule has 4 rings (SSSR count). The van der Waals surface area contributed by atoms with Crippen LogP contribution in [0.25, 0.3) is 5.76 Å². The number of methoxy groups -OCH3 is 1. The molecule has 3 aromatic carbocycles. The topological polar surface area (TPSA) is 66.8 Å². The standard InChI is InChI=1S/C26H21ClFNO4/c1-14-12-17(25(33-3)18(27)13-14)23(30)21-22(16-9-5-6-10-19(16)28)29(26(32)24(21)31)20-11-7-4-8-15(20)2/h4-13,22,30H,1-3H3/b23-21+. The van der Waals surface area contributed by atoms with Crippen LogP contribution in [-0.4, -0.2) is 23.9 Å². The van der Waals surface area contributed by atoms with Crippen molar-refractivity contribution in [3.63, 3.8) is 0 Å². The number of aliphatic hydroxyl groups excluding tert-OH is 1. The van der Waals surface area contributed by atoms with E-state index in [4.69, 9.17) is 16.3 Å². The average molecular weight is 466 g/mol. The number of rotatable bonds is 4. The zero-order valence-electron chi connectivity index (χ0n) is 18.2. The quantitative estimate of drug-likeness (QED) is 0.303. The summed E-state index contributed by atoms with van der Waals surface area (Å²) in [5.41, 5.74) is 1.86. The third kappa shape index (κ3) is 3.76. The van der Waals surface area contributed by atoms with Crippen molar-refractivity contribution in [3.05, 3.63) is 99.3 Å². The van der Waals surface area contributed by atoms with Gasteiger partial charge in [-0.05, 0) is 49.2 Å². The summed E-state index contributed by atoms with van der Waals surface area (Å²) in [5, 5.41) is 11.6. The number of anilines is 1. The lowest BCUT2D eigenvalue weighted by Crippen LogP contribution is -2.30. The van der Waals surface area contributed by atoms with Crippen molar-refractivity contribution >= 4 is 34.7 Å². The van der Waals surface area contributed by atoms with E-state index in [0.29, 0.717) is 11.3 Å². The molecule has 0 aromatic heterocycles. The fraction of sp³-hybridized carbons (Fsp3) is 0.154. The molecular weight excluding hydrogens is 445 g/mol. The van der Waals surface area contributed by atoms with Crippen LogP contribution >= 0.6 is 11.6 Å². The van der Waals surface area contributed by atoms with Crippen LogP contribution in [0.5, 0.6) is 5.75 Å². The summed E-state index contributed by atoms with van der Waals surface area (Å²) < 4.78 is 20.4. The second kappa shape index (κ2) is 8.71. The van der Waals surface area contributed by atoms with Crippen LogP contribution in [0.15, 0.2) is 66.2 Å². The summed E-state index contributed by atoms with van der Waals surface area (Å²) >= 11 is 6.29. The van der Waals surface area contributed by atoms with Crippen molar-refractivity contribution in [2.75, 3.05) is 12.0 Å². The zero-order chi connectivity index (χ0) is 23.9. The lowest BCUT2D eigenvalue weighted by molar-refractivity contribution is -0.132. The highest BCUT2D eigenvalue weighted by Crippen LogP contribution is 2.45. The van der Waals surface area contributed by atoms with Gasteiger partial charge in [0, 0.05) is 11.3 Å². The summed E-state index contributed by atoms with van der Waals surface area (Å²) in [4.78, 5) is 27.7. The molecule has 1 heterocycles. The van der Waals surface area contributed by atoms with Crippen molar-refractivity contribution in [1.82, 2.24) is 0 Å². The number of amides is 1. The molecule has 1 saturated heterocycles. The third-order valence-electron chi connectivity index (χ3n) is 5.67. The van der Waals surface area contributed by atoms with E-state index in [9.17, 15) is 19.1 Å². The van der Waals surface area contributed by atoms with Crippen LogP contribution in [-0.2, 0) is 9.59 Å². The van der Waals surface area contributed by atoms with E-state index in [0.717, 1.165) is 5.56 Å². The Hall–Kier alpha value is -3.64. The Bertz CT molecular complexity index is 1320. The molecule has 1 amide bonds. The predicted molar refractivity (Wildman–Crippen MR) is 125 cm³/mol. The van der Waals surface area contributed by atoms with Crippen molar-refractivity contribution in [2.45, 2.75) is 19.9 Å². The first-order chi connectivity index (χ1) is 15.8. The van der Waals surface area contributed by atoms with Gasteiger partial charge >= 0.3 is 0 Å². The number of halogens is 2. The van der Waals surface area contributed by atoms with E-state index >= 15 is 0 Å². The summed E-state index contributed by atoms with van der Waals surface area (Å²) in [7, 11) is 1.38. The second-order valence-electron chi connectivity index (χ2n) is 7.80. The van der Waals surface area contributed by atoms with Gasteiger partial charge in [0.05, 0.1) is 29.3 Å². The minimum absolute atomic E-state index is 0.0826. The normalized spacial score (nSPS) is 17.5. The predicted octanol–water partition coefficient (Wildman–Crippen LogP) is 5.73. The van der Waals surface area contributed by atoms with E-state index in [2.05, 4.69) is 0 Å². The molecule has 1 atom stereocenters. The van der Waals surface area contributed by atoms with Crippen molar-refractivity contribution < 1.29 is 23.8 Å². The maximum absolute atomic E-state index is 15.0. The summed E-state index contributed by atoms with van der Waals surface area (Å²) in [6.07, 6.45) is 0. The SMILES string of the molecule is COc1c(Cl)cc(C)cc1/C(O)=C1\C(=O)C(=O)N(c2ccccc2C)C1c1ccccc1F. The molecule has 1 aliphatic heterocycles. The number of Topliss-reactive ketones (excluding diaryl/α,β-unsaturated/α-hetero) is 1.